The van der Waals surface area contributed by atoms with Crippen LogP contribution in [0.1, 0.15) is 41.6 Å². The SMILES string of the molecule is CCc1cc2c(C)cc(=O)oc2c(C[NH+](C)[C@H](C)c2nc3ccccc3s2)c1O. The third-order valence-electron chi connectivity index (χ3n) is 5.65. The van der Waals surface area contributed by atoms with E-state index in [-0.39, 0.29) is 11.8 Å². The summed E-state index contributed by atoms with van der Waals surface area (Å²) in [6, 6.07) is 11.7. The first-order valence-corrected chi connectivity index (χ1v) is 10.7. The minimum Gasteiger partial charge on any atom is -0.507 e. The van der Waals surface area contributed by atoms with Gasteiger partial charge in [0.15, 0.2) is 10.6 Å². The Morgan fingerprint density at radius 1 is 1.28 bits per heavy atom. The highest BCUT2D eigenvalue weighted by Gasteiger charge is 2.24. The van der Waals surface area contributed by atoms with Gasteiger partial charge in [-0.3, -0.25) is 0 Å². The number of nitrogens with zero attached hydrogens (tertiary/aromatic N) is 1. The molecule has 2 atom stereocenters. The summed E-state index contributed by atoms with van der Waals surface area (Å²) in [5.74, 6) is 0.226. The van der Waals surface area contributed by atoms with Crippen LogP contribution in [-0.4, -0.2) is 17.1 Å². The van der Waals surface area contributed by atoms with Crippen LogP contribution in [0.15, 0.2) is 45.6 Å². The number of hydrogen-bond donors (Lipinski definition) is 2. The van der Waals surface area contributed by atoms with Crippen LogP contribution in [0.2, 0.25) is 0 Å². The number of rotatable bonds is 5. The molecule has 150 valence electrons. The van der Waals surface area contributed by atoms with Gasteiger partial charge in [-0.25, -0.2) is 9.78 Å². The van der Waals surface area contributed by atoms with Crippen molar-refractivity contribution in [1.29, 1.82) is 0 Å². The number of aromatic nitrogens is 1. The molecule has 4 rings (SSSR count). The Morgan fingerprint density at radius 2 is 2.03 bits per heavy atom. The summed E-state index contributed by atoms with van der Waals surface area (Å²) < 4.78 is 6.72. The standard InChI is InChI=1S/C23H24N2O3S/c1-5-15-11-16-13(2)10-20(26)28-22(16)17(21(15)27)12-25(4)14(3)23-24-18-8-6-7-9-19(18)29-23/h6-11,14,27H,5,12H2,1-4H3/p+1/t14-/m1/s1. The zero-order valence-corrected chi connectivity index (χ0v) is 17.9. The van der Waals surface area contributed by atoms with E-state index in [1.807, 2.05) is 38.1 Å². The maximum atomic E-state index is 12.0. The minimum atomic E-state index is -0.392. The molecule has 0 spiro atoms. The van der Waals surface area contributed by atoms with Crippen molar-refractivity contribution < 1.29 is 14.4 Å². The molecule has 2 heterocycles. The van der Waals surface area contributed by atoms with Gasteiger partial charge in [0.25, 0.3) is 0 Å². The van der Waals surface area contributed by atoms with Crippen molar-refractivity contribution in [3.05, 3.63) is 68.5 Å². The third kappa shape index (κ3) is 3.54. The molecule has 6 heteroatoms. The van der Waals surface area contributed by atoms with Gasteiger partial charge < -0.3 is 14.4 Å². The second kappa shape index (κ2) is 7.61. The van der Waals surface area contributed by atoms with E-state index in [1.165, 1.54) is 10.8 Å². The van der Waals surface area contributed by atoms with Crippen LogP contribution in [0.25, 0.3) is 21.2 Å². The van der Waals surface area contributed by atoms with Crippen molar-refractivity contribution in [1.82, 2.24) is 4.98 Å². The van der Waals surface area contributed by atoms with Gasteiger partial charge in [0.1, 0.15) is 18.3 Å². The minimum absolute atomic E-state index is 0.128. The number of phenols is 1. The number of phenolic OH excluding ortho intramolecular Hbond substituents is 1. The van der Waals surface area contributed by atoms with E-state index in [4.69, 9.17) is 9.40 Å². The van der Waals surface area contributed by atoms with Gasteiger partial charge in [-0.2, -0.15) is 0 Å². The summed E-state index contributed by atoms with van der Waals surface area (Å²) in [6.07, 6.45) is 0.708. The maximum Gasteiger partial charge on any atom is 0.336 e. The van der Waals surface area contributed by atoms with Gasteiger partial charge in [-0.05, 0) is 49.6 Å². The number of aromatic hydroxyl groups is 1. The largest absolute Gasteiger partial charge is 0.507 e. The molecule has 0 aliphatic heterocycles. The molecule has 29 heavy (non-hydrogen) atoms. The van der Waals surface area contributed by atoms with Crippen LogP contribution in [-0.2, 0) is 13.0 Å². The topological polar surface area (TPSA) is 67.8 Å². The number of para-hydroxylation sites is 1. The lowest BCUT2D eigenvalue weighted by molar-refractivity contribution is -0.923. The first-order valence-electron chi connectivity index (χ1n) is 9.85. The summed E-state index contributed by atoms with van der Waals surface area (Å²) in [5.41, 5.74) is 3.52. The van der Waals surface area contributed by atoms with E-state index in [0.29, 0.717) is 24.1 Å². The average molecular weight is 410 g/mol. The van der Waals surface area contributed by atoms with Gasteiger partial charge in [0.05, 0.1) is 22.8 Å². The fraction of sp³-hybridized carbons (Fsp3) is 0.304. The smallest absolute Gasteiger partial charge is 0.336 e. The second-order valence-electron chi connectivity index (χ2n) is 7.61. The van der Waals surface area contributed by atoms with Crippen LogP contribution >= 0.6 is 11.3 Å². The quantitative estimate of drug-likeness (QED) is 0.493. The van der Waals surface area contributed by atoms with Crippen molar-refractivity contribution in [2.45, 2.75) is 39.8 Å². The van der Waals surface area contributed by atoms with Crippen LogP contribution in [0.3, 0.4) is 0 Å². The maximum absolute atomic E-state index is 12.0. The van der Waals surface area contributed by atoms with Crippen LogP contribution in [0.5, 0.6) is 5.75 Å². The molecular formula is C23H25N2O3S+. The average Bonchev–Trinajstić information content (AvgIpc) is 3.13. The van der Waals surface area contributed by atoms with E-state index in [9.17, 15) is 9.90 Å². The molecule has 1 unspecified atom stereocenters. The molecule has 0 fully saturated rings. The monoisotopic (exact) mass is 409 g/mol. The number of thiazole rings is 1. The molecule has 0 radical (unpaired) electrons. The molecule has 0 aliphatic rings. The summed E-state index contributed by atoms with van der Waals surface area (Å²) in [4.78, 5) is 17.9. The Morgan fingerprint density at radius 3 is 2.76 bits per heavy atom. The molecule has 2 N–H and O–H groups in total. The predicted octanol–water partition coefficient (Wildman–Crippen LogP) is 3.76. The van der Waals surface area contributed by atoms with Crippen molar-refractivity contribution in [2.75, 3.05) is 7.05 Å². The molecule has 2 aromatic heterocycles. The molecule has 5 nitrogen and oxygen atoms in total. The van der Waals surface area contributed by atoms with Gasteiger partial charge in [-0.1, -0.05) is 19.1 Å². The Balaban J connectivity index is 1.76. The number of benzene rings is 2. The van der Waals surface area contributed by atoms with Crippen LogP contribution in [0, 0.1) is 6.92 Å². The van der Waals surface area contributed by atoms with Gasteiger partial charge in [-0.15, -0.1) is 11.3 Å². The molecule has 0 saturated carbocycles. The molecule has 4 aromatic rings. The summed E-state index contributed by atoms with van der Waals surface area (Å²) in [7, 11) is 2.08. The highest BCUT2D eigenvalue weighted by molar-refractivity contribution is 7.18. The fourth-order valence-electron chi connectivity index (χ4n) is 3.72. The molecule has 0 aliphatic carbocycles. The van der Waals surface area contributed by atoms with E-state index in [0.717, 1.165) is 31.9 Å². The number of fused-ring (bicyclic) bond motifs is 2. The van der Waals surface area contributed by atoms with E-state index in [1.54, 1.807) is 11.3 Å². The summed E-state index contributed by atoms with van der Waals surface area (Å²) in [5, 5.41) is 12.8. The van der Waals surface area contributed by atoms with Crippen LogP contribution < -0.4 is 10.5 Å². The molecule has 0 saturated heterocycles. The number of hydrogen-bond acceptors (Lipinski definition) is 5. The predicted molar refractivity (Wildman–Crippen MR) is 117 cm³/mol. The number of quaternary nitrogens is 1. The third-order valence-corrected chi connectivity index (χ3v) is 6.86. The number of aryl methyl sites for hydroxylation is 2. The summed E-state index contributed by atoms with van der Waals surface area (Å²) in [6.45, 7) is 6.58. The van der Waals surface area contributed by atoms with Gasteiger partial charge >= 0.3 is 5.63 Å². The fourth-order valence-corrected chi connectivity index (χ4v) is 4.83. The lowest BCUT2D eigenvalue weighted by Gasteiger charge is -2.22. The normalized spacial score (nSPS) is 13.8. The highest BCUT2D eigenvalue weighted by atomic mass is 32.1. The van der Waals surface area contributed by atoms with E-state index >= 15 is 0 Å². The van der Waals surface area contributed by atoms with Crippen molar-refractivity contribution in [3.63, 3.8) is 0 Å². The first-order chi connectivity index (χ1) is 13.9. The Kier molecular flexibility index (Phi) is 5.15. The zero-order valence-electron chi connectivity index (χ0n) is 17.1. The Hall–Kier alpha value is -2.70. The Labute approximate surface area is 173 Å². The van der Waals surface area contributed by atoms with E-state index < -0.39 is 5.63 Å². The highest BCUT2D eigenvalue weighted by Crippen LogP contribution is 2.32. The summed E-state index contributed by atoms with van der Waals surface area (Å²) >= 11 is 1.70. The molecular weight excluding hydrogens is 384 g/mol. The van der Waals surface area contributed by atoms with Crippen molar-refractivity contribution in [3.8, 4) is 5.75 Å². The molecule has 0 bridgehead atoms. The van der Waals surface area contributed by atoms with Crippen LogP contribution in [0.4, 0.5) is 0 Å². The van der Waals surface area contributed by atoms with E-state index in [2.05, 4.69) is 20.0 Å². The van der Waals surface area contributed by atoms with Gasteiger partial charge in [0.2, 0.25) is 0 Å². The molecule has 0 amide bonds. The molecule has 2 aromatic carbocycles. The zero-order chi connectivity index (χ0) is 20.7. The van der Waals surface area contributed by atoms with Crippen molar-refractivity contribution >= 4 is 32.5 Å². The first kappa shape index (κ1) is 19.6. The lowest BCUT2D eigenvalue weighted by atomic mass is 9.99. The van der Waals surface area contributed by atoms with Gasteiger partial charge in [0, 0.05) is 11.5 Å². The van der Waals surface area contributed by atoms with Crippen molar-refractivity contribution in [2.24, 2.45) is 0 Å². The lowest BCUT2D eigenvalue weighted by Crippen LogP contribution is -3.07. The second-order valence-corrected chi connectivity index (χ2v) is 8.67. The Bertz CT molecular complexity index is 1230. The number of nitrogens with one attached hydrogen (secondary N) is 1.